The van der Waals surface area contributed by atoms with Gasteiger partial charge in [0, 0.05) is 53.2 Å². The number of piperazine rings is 1. The summed E-state index contributed by atoms with van der Waals surface area (Å²) >= 11 is 0. The average Bonchev–Trinajstić information content (AvgIpc) is 2.68. The van der Waals surface area contributed by atoms with Crippen LogP contribution in [0.3, 0.4) is 0 Å². The predicted molar refractivity (Wildman–Crippen MR) is 116 cm³/mol. The minimum absolute atomic E-state index is 0. The molecule has 7 nitrogen and oxygen atoms in total. The number of carbonyl (C=O) groups excluding carboxylic acids is 2. The number of halogens is 1. The van der Waals surface area contributed by atoms with Crippen molar-refractivity contribution in [3.8, 4) is 0 Å². The lowest BCUT2D eigenvalue weighted by atomic mass is 10.00. The highest BCUT2D eigenvalue weighted by atomic mass is 127. The molecule has 1 aromatic carbocycles. The number of amides is 2. The molecule has 3 rings (SSSR count). The number of guanidine groups is 1. The summed E-state index contributed by atoms with van der Waals surface area (Å²) in [7, 11) is 1.72. The smallest absolute Gasteiger partial charge is 0.242 e. The number of carbonyl (C=O) groups is 2. The van der Waals surface area contributed by atoms with Crippen molar-refractivity contribution < 1.29 is 9.59 Å². The van der Waals surface area contributed by atoms with Gasteiger partial charge in [0.05, 0.1) is 6.54 Å². The zero-order valence-corrected chi connectivity index (χ0v) is 18.3. The van der Waals surface area contributed by atoms with Crippen molar-refractivity contribution in [3.63, 3.8) is 0 Å². The maximum absolute atomic E-state index is 12.6. The molecule has 148 valence electrons. The number of fused-ring (bicyclic) bond motifs is 1. The van der Waals surface area contributed by atoms with Gasteiger partial charge in [0.15, 0.2) is 5.96 Å². The first kappa shape index (κ1) is 21.5. The Labute approximate surface area is 177 Å². The van der Waals surface area contributed by atoms with Crippen LogP contribution in [0.15, 0.2) is 29.3 Å². The molecule has 2 aliphatic rings. The van der Waals surface area contributed by atoms with Gasteiger partial charge >= 0.3 is 0 Å². The third kappa shape index (κ3) is 5.33. The second-order valence-corrected chi connectivity index (χ2v) is 6.73. The van der Waals surface area contributed by atoms with Crippen LogP contribution in [0, 0.1) is 0 Å². The van der Waals surface area contributed by atoms with Crippen LogP contribution >= 0.6 is 24.0 Å². The lowest BCUT2D eigenvalue weighted by molar-refractivity contribution is -0.131. The molecular formula is C19H28IN5O2. The first-order chi connectivity index (χ1) is 12.6. The molecule has 0 aromatic heterocycles. The summed E-state index contributed by atoms with van der Waals surface area (Å²) < 4.78 is 0. The quantitative estimate of drug-likeness (QED) is 0.385. The number of hydrogen-bond acceptors (Lipinski definition) is 3. The highest BCUT2D eigenvalue weighted by molar-refractivity contribution is 14.0. The molecule has 0 atom stereocenters. The molecule has 0 saturated carbocycles. The zero-order chi connectivity index (χ0) is 18.5. The number of aliphatic imine (C=N–C) groups is 1. The lowest BCUT2D eigenvalue weighted by Gasteiger charge is -2.36. The fraction of sp³-hybridized carbons (Fsp3) is 0.526. The molecule has 1 fully saturated rings. The Morgan fingerprint density at radius 2 is 1.63 bits per heavy atom. The topological polar surface area (TPSA) is 68.2 Å². The molecule has 2 amide bonds. The summed E-state index contributed by atoms with van der Waals surface area (Å²) in [5, 5.41) is 3.19. The first-order valence-electron chi connectivity index (χ1n) is 9.14. The number of hydrogen-bond donors (Lipinski definition) is 1. The van der Waals surface area contributed by atoms with Crippen LogP contribution in [0.1, 0.15) is 18.1 Å². The Kier molecular flexibility index (Phi) is 7.88. The minimum atomic E-state index is 0. The van der Waals surface area contributed by atoms with E-state index in [0.717, 1.165) is 32.0 Å². The van der Waals surface area contributed by atoms with Crippen molar-refractivity contribution >= 4 is 41.8 Å². The van der Waals surface area contributed by atoms with Crippen LogP contribution in [-0.2, 0) is 22.6 Å². The van der Waals surface area contributed by atoms with Crippen molar-refractivity contribution in [2.45, 2.75) is 19.9 Å². The maximum Gasteiger partial charge on any atom is 0.242 e. The van der Waals surface area contributed by atoms with Crippen molar-refractivity contribution in [1.29, 1.82) is 0 Å². The van der Waals surface area contributed by atoms with Gasteiger partial charge in [0.25, 0.3) is 0 Å². The third-order valence-electron chi connectivity index (χ3n) is 5.12. The number of nitrogens with one attached hydrogen (secondary N) is 1. The Morgan fingerprint density at radius 3 is 2.26 bits per heavy atom. The summed E-state index contributed by atoms with van der Waals surface area (Å²) in [6.45, 7) is 6.09. The summed E-state index contributed by atoms with van der Waals surface area (Å²) in [5.74, 6) is 0.912. The number of benzene rings is 1. The summed E-state index contributed by atoms with van der Waals surface area (Å²) in [6.07, 6.45) is 0.906. The zero-order valence-electron chi connectivity index (χ0n) is 16.0. The molecule has 1 aromatic rings. The third-order valence-corrected chi connectivity index (χ3v) is 5.12. The van der Waals surface area contributed by atoms with Gasteiger partial charge in [-0.3, -0.25) is 14.6 Å². The molecule has 2 aliphatic heterocycles. The molecule has 0 aliphatic carbocycles. The van der Waals surface area contributed by atoms with E-state index in [9.17, 15) is 9.59 Å². The van der Waals surface area contributed by atoms with Crippen molar-refractivity contribution in [2.24, 2.45) is 4.99 Å². The molecule has 1 saturated heterocycles. The summed E-state index contributed by atoms with van der Waals surface area (Å²) in [5.41, 5.74) is 2.57. The first-order valence-corrected chi connectivity index (χ1v) is 9.14. The van der Waals surface area contributed by atoms with Crippen LogP contribution < -0.4 is 5.32 Å². The van der Waals surface area contributed by atoms with Crippen LogP contribution in [0.5, 0.6) is 0 Å². The fourth-order valence-electron chi connectivity index (χ4n) is 3.54. The predicted octanol–water partition coefficient (Wildman–Crippen LogP) is 0.929. The monoisotopic (exact) mass is 485 g/mol. The summed E-state index contributed by atoms with van der Waals surface area (Å²) in [6, 6.07) is 8.30. The Bertz CT molecular complexity index is 701. The molecule has 27 heavy (non-hydrogen) atoms. The minimum Gasteiger partial charge on any atom is -0.347 e. The molecule has 0 bridgehead atoms. The molecule has 0 unspecified atom stereocenters. The standard InChI is InChI=1S/C19H27N5O2.HI/c1-15(25)22-9-11-23(12-10-22)19(20-2)21-13-18(26)24-8-7-16-5-3-4-6-17(16)14-24;/h3-6H,7-14H2,1-2H3,(H,20,21);1H. The van der Waals surface area contributed by atoms with Gasteiger partial charge in [-0.25, -0.2) is 0 Å². The SMILES string of the molecule is CN=C(NCC(=O)N1CCc2ccccc2C1)N1CCN(C(C)=O)CC1.I. The van der Waals surface area contributed by atoms with Crippen LogP contribution in [-0.4, -0.2) is 78.8 Å². The maximum atomic E-state index is 12.6. The molecule has 0 spiro atoms. The van der Waals surface area contributed by atoms with Crippen molar-refractivity contribution in [1.82, 2.24) is 20.0 Å². The largest absolute Gasteiger partial charge is 0.347 e. The summed E-state index contributed by atoms with van der Waals surface area (Å²) in [4.78, 5) is 34.1. The van der Waals surface area contributed by atoms with Gasteiger partial charge in [0.2, 0.25) is 11.8 Å². The number of nitrogens with zero attached hydrogens (tertiary/aromatic N) is 4. The fourth-order valence-corrected chi connectivity index (χ4v) is 3.54. The van der Waals surface area contributed by atoms with E-state index in [2.05, 4.69) is 27.3 Å². The Balaban J connectivity index is 0.00000261. The second kappa shape index (κ2) is 9.91. The Morgan fingerprint density at radius 1 is 1.00 bits per heavy atom. The van der Waals surface area contributed by atoms with Gasteiger partial charge in [0.1, 0.15) is 0 Å². The molecule has 1 N–H and O–H groups in total. The van der Waals surface area contributed by atoms with Gasteiger partial charge < -0.3 is 20.0 Å². The van der Waals surface area contributed by atoms with E-state index >= 15 is 0 Å². The average molecular weight is 485 g/mol. The Hall–Kier alpha value is -1.84. The van der Waals surface area contributed by atoms with E-state index in [0.29, 0.717) is 19.6 Å². The molecule has 2 heterocycles. The van der Waals surface area contributed by atoms with Gasteiger partial charge in [-0.15, -0.1) is 24.0 Å². The van der Waals surface area contributed by atoms with E-state index in [4.69, 9.17) is 0 Å². The van der Waals surface area contributed by atoms with Crippen molar-refractivity contribution in [2.75, 3.05) is 46.3 Å². The van der Waals surface area contributed by atoms with E-state index in [1.165, 1.54) is 11.1 Å². The van der Waals surface area contributed by atoms with E-state index in [-0.39, 0.29) is 42.3 Å². The van der Waals surface area contributed by atoms with Crippen LogP contribution in [0.4, 0.5) is 0 Å². The van der Waals surface area contributed by atoms with E-state index in [1.807, 2.05) is 21.9 Å². The van der Waals surface area contributed by atoms with Gasteiger partial charge in [-0.1, -0.05) is 24.3 Å². The lowest BCUT2D eigenvalue weighted by Crippen LogP contribution is -2.54. The highest BCUT2D eigenvalue weighted by Crippen LogP contribution is 2.18. The molecular weight excluding hydrogens is 457 g/mol. The van der Waals surface area contributed by atoms with E-state index < -0.39 is 0 Å². The van der Waals surface area contributed by atoms with Crippen LogP contribution in [0.2, 0.25) is 0 Å². The molecule has 0 radical (unpaired) electrons. The normalized spacial score (nSPS) is 17.1. The molecule has 8 heteroatoms. The second-order valence-electron chi connectivity index (χ2n) is 6.73. The van der Waals surface area contributed by atoms with Crippen LogP contribution in [0.25, 0.3) is 0 Å². The van der Waals surface area contributed by atoms with Gasteiger partial charge in [-0.05, 0) is 17.5 Å². The highest BCUT2D eigenvalue weighted by Gasteiger charge is 2.23. The van der Waals surface area contributed by atoms with E-state index in [1.54, 1.807) is 14.0 Å². The van der Waals surface area contributed by atoms with Crippen molar-refractivity contribution in [3.05, 3.63) is 35.4 Å². The number of rotatable bonds is 2. The van der Waals surface area contributed by atoms with Gasteiger partial charge in [-0.2, -0.15) is 0 Å².